The summed E-state index contributed by atoms with van der Waals surface area (Å²) in [5.41, 5.74) is 0.595. The molecule has 1 aliphatic heterocycles. The van der Waals surface area contributed by atoms with E-state index >= 15 is 0 Å². The number of thiazole rings is 1. The molecule has 0 radical (unpaired) electrons. The molecule has 2 heterocycles. The van der Waals surface area contributed by atoms with E-state index in [0.717, 1.165) is 11.3 Å². The van der Waals surface area contributed by atoms with Crippen LogP contribution in [0.4, 0.5) is 0 Å². The Balaban J connectivity index is 1.89. The van der Waals surface area contributed by atoms with E-state index in [1.807, 2.05) is 0 Å². The van der Waals surface area contributed by atoms with Gasteiger partial charge in [-0.15, -0.1) is 4.40 Å². The van der Waals surface area contributed by atoms with Gasteiger partial charge in [-0.1, -0.05) is 22.9 Å². The van der Waals surface area contributed by atoms with Crippen LogP contribution in [-0.2, 0) is 26.1 Å². The van der Waals surface area contributed by atoms with Gasteiger partial charge in [-0.05, 0) is 31.2 Å². The Morgan fingerprint density at radius 1 is 1.24 bits per heavy atom. The van der Waals surface area contributed by atoms with Crippen LogP contribution in [0, 0.1) is 0 Å². The molecule has 2 aromatic carbocycles. The number of aromatic nitrogens is 1. The van der Waals surface area contributed by atoms with Gasteiger partial charge in [-0.3, -0.25) is 4.79 Å². The molecule has 0 N–H and O–H groups in total. The van der Waals surface area contributed by atoms with Crippen molar-refractivity contribution >= 4 is 49.1 Å². The number of halogens is 1. The van der Waals surface area contributed by atoms with Gasteiger partial charge in [0.25, 0.3) is 10.0 Å². The number of carbonyl (C=O) groups is 1. The SMILES string of the molecule is CCOC(=O)Cn1/c(=N/S(=O)(=O)c2ccc(Cl)cc2)sc2cc3c(cc21)OCO3. The van der Waals surface area contributed by atoms with Crippen molar-refractivity contribution in [3.05, 3.63) is 46.2 Å². The number of nitrogens with zero attached hydrogens (tertiary/aromatic N) is 2. The Morgan fingerprint density at radius 2 is 1.93 bits per heavy atom. The molecule has 4 rings (SSSR count). The molecular weight excluding hydrogens is 440 g/mol. The molecule has 0 bridgehead atoms. The zero-order valence-electron chi connectivity index (χ0n) is 15.1. The van der Waals surface area contributed by atoms with E-state index in [0.29, 0.717) is 26.7 Å². The van der Waals surface area contributed by atoms with E-state index < -0.39 is 16.0 Å². The predicted molar refractivity (Wildman–Crippen MR) is 107 cm³/mol. The van der Waals surface area contributed by atoms with Crippen molar-refractivity contribution in [2.45, 2.75) is 18.4 Å². The largest absolute Gasteiger partial charge is 0.465 e. The van der Waals surface area contributed by atoms with Crippen LogP contribution in [0.5, 0.6) is 11.5 Å². The van der Waals surface area contributed by atoms with Crippen molar-refractivity contribution in [1.29, 1.82) is 0 Å². The number of sulfonamides is 1. The fourth-order valence-corrected chi connectivity index (χ4v) is 5.15. The standard InChI is InChI=1S/C18H15ClN2O6S2/c1-2-25-17(22)9-21-13-7-14-15(27-10-26-14)8-16(13)28-18(21)20-29(23,24)12-5-3-11(19)4-6-12/h3-8H,2,9-10H2,1H3/b20-18-. The zero-order chi connectivity index (χ0) is 20.6. The molecule has 1 aliphatic rings. The van der Waals surface area contributed by atoms with Gasteiger partial charge in [-0.25, -0.2) is 0 Å². The molecule has 0 fully saturated rings. The van der Waals surface area contributed by atoms with Crippen molar-refractivity contribution < 1.29 is 27.4 Å². The number of ether oxygens (including phenoxy) is 3. The first-order valence-electron chi connectivity index (χ1n) is 8.52. The number of carbonyl (C=O) groups excluding carboxylic acids is 1. The molecule has 0 atom stereocenters. The van der Waals surface area contributed by atoms with Crippen molar-refractivity contribution in [1.82, 2.24) is 4.57 Å². The van der Waals surface area contributed by atoms with E-state index in [2.05, 4.69) is 4.40 Å². The van der Waals surface area contributed by atoms with Crippen molar-refractivity contribution in [2.24, 2.45) is 4.40 Å². The van der Waals surface area contributed by atoms with Gasteiger partial charge in [-0.2, -0.15) is 8.42 Å². The first-order chi connectivity index (χ1) is 13.9. The lowest BCUT2D eigenvalue weighted by molar-refractivity contribution is -0.143. The number of rotatable bonds is 5. The zero-order valence-corrected chi connectivity index (χ0v) is 17.5. The maximum atomic E-state index is 12.8. The van der Waals surface area contributed by atoms with E-state index in [-0.39, 0.29) is 29.6 Å². The third kappa shape index (κ3) is 3.96. The molecule has 0 saturated carbocycles. The van der Waals surface area contributed by atoms with Gasteiger partial charge in [0.05, 0.1) is 21.7 Å². The Kier molecular flexibility index (Phi) is 5.24. The molecule has 0 spiro atoms. The Morgan fingerprint density at radius 3 is 2.62 bits per heavy atom. The summed E-state index contributed by atoms with van der Waals surface area (Å²) in [6.07, 6.45) is 0. The first kappa shape index (κ1) is 19.7. The van der Waals surface area contributed by atoms with Crippen LogP contribution in [0.2, 0.25) is 5.02 Å². The average Bonchev–Trinajstić information content (AvgIpc) is 3.24. The van der Waals surface area contributed by atoms with E-state index in [4.69, 9.17) is 25.8 Å². The second-order valence-corrected chi connectivity index (χ2v) is 9.02. The highest BCUT2D eigenvalue weighted by atomic mass is 35.5. The van der Waals surface area contributed by atoms with E-state index in [1.165, 1.54) is 28.8 Å². The molecule has 11 heteroatoms. The average molecular weight is 455 g/mol. The summed E-state index contributed by atoms with van der Waals surface area (Å²) in [5, 5.41) is 0.415. The molecule has 0 saturated heterocycles. The van der Waals surface area contributed by atoms with Gasteiger partial charge in [0, 0.05) is 17.2 Å². The minimum Gasteiger partial charge on any atom is -0.465 e. The van der Waals surface area contributed by atoms with Crippen LogP contribution in [0.3, 0.4) is 0 Å². The molecule has 3 aromatic rings. The lowest BCUT2D eigenvalue weighted by Crippen LogP contribution is -2.23. The van der Waals surface area contributed by atoms with Crippen molar-refractivity contribution in [3.63, 3.8) is 0 Å². The van der Waals surface area contributed by atoms with Gasteiger partial charge in [0.2, 0.25) is 11.6 Å². The highest BCUT2D eigenvalue weighted by molar-refractivity contribution is 7.90. The van der Waals surface area contributed by atoms with Crippen LogP contribution in [0.25, 0.3) is 10.2 Å². The first-order valence-corrected chi connectivity index (χ1v) is 11.2. The summed E-state index contributed by atoms with van der Waals surface area (Å²) < 4.78 is 47.5. The van der Waals surface area contributed by atoms with Crippen LogP contribution in [0.1, 0.15) is 6.92 Å². The van der Waals surface area contributed by atoms with Crippen molar-refractivity contribution in [2.75, 3.05) is 13.4 Å². The van der Waals surface area contributed by atoms with Crippen LogP contribution in [-0.4, -0.2) is 32.4 Å². The fraction of sp³-hybridized carbons (Fsp3) is 0.222. The van der Waals surface area contributed by atoms with Gasteiger partial charge < -0.3 is 18.8 Å². The number of hydrogen-bond acceptors (Lipinski definition) is 7. The summed E-state index contributed by atoms with van der Waals surface area (Å²) in [4.78, 5) is 12.2. The number of hydrogen-bond donors (Lipinski definition) is 0. The van der Waals surface area contributed by atoms with Crippen LogP contribution in [0.15, 0.2) is 45.7 Å². The number of esters is 1. The van der Waals surface area contributed by atoms with Gasteiger partial charge in [0.15, 0.2) is 11.5 Å². The highest BCUT2D eigenvalue weighted by Gasteiger charge is 2.20. The molecule has 1 aromatic heterocycles. The smallest absolute Gasteiger partial charge is 0.326 e. The van der Waals surface area contributed by atoms with E-state index in [9.17, 15) is 13.2 Å². The minimum absolute atomic E-state index is 0.00352. The minimum atomic E-state index is -4.02. The maximum absolute atomic E-state index is 12.8. The predicted octanol–water partition coefficient (Wildman–Crippen LogP) is 2.94. The number of benzene rings is 2. The lowest BCUT2D eigenvalue weighted by atomic mass is 10.3. The van der Waals surface area contributed by atoms with Crippen LogP contribution >= 0.6 is 22.9 Å². The quantitative estimate of drug-likeness (QED) is 0.550. The lowest BCUT2D eigenvalue weighted by Gasteiger charge is -2.06. The van der Waals surface area contributed by atoms with Gasteiger partial charge in [0.1, 0.15) is 6.54 Å². The van der Waals surface area contributed by atoms with Gasteiger partial charge >= 0.3 is 5.97 Å². The third-order valence-electron chi connectivity index (χ3n) is 4.08. The Hall–Kier alpha value is -2.56. The summed E-state index contributed by atoms with van der Waals surface area (Å²) in [5.74, 6) is 0.560. The van der Waals surface area contributed by atoms with Crippen LogP contribution < -0.4 is 14.3 Å². The summed E-state index contributed by atoms with van der Waals surface area (Å²) >= 11 is 6.96. The summed E-state index contributed by atoms with van der Waals surface area (Å²) in [6, 6.07) is 9.13. The molecule has 29 heavy (non-hydrogen) atoms. The molecule has 0 aliphatic carbocycles. The number of fused-ring (bicyclic) bond motifs is 2. The van der Waals surface area contributed by atoms with Crippen molar-refractivity contribution in [3.8, 4) is 11.5 Å². The second-order valence-electron chi connectivity index (χ2n) is 5.97. The third-order valence-corrected chi connectivity index (χ3v) is 6.77. The maximum Gasteiger partial charge on any atom is 0.326 e. The Labute approximate surface area is 175 Å². The second kappa shape index (κ2) is 7.69. The molecule has 8 nitrogen and oxygen atoms in total. The monoisotopic (exact) mass is 454 g/mol. The van der Waals surface area contributed by atoms with E-state index in [1.54, 1.807) is 19.1 Å². The Bertz CT molecular complexity index is 1260. The normalized spacial score (nSPS) is 13.8. The molecule has 152 valence electrons. The molecule has 0 amide bonds. The summed E-state index contributed by atoms with van der Waals surface area (Å²) in [7, 11) is -4.02. The highest BCUT2D eigenvalue weighted by Crippen LogP contribution is 2.37. The fourth-order valence-electron chi connectivity index (χ4n) is 2.78. The summed E-state index contributed by atoms with van der Waals surface area (Å²) in [6.45, 7) is 1.82. The molecular formula is C18H15ClN2O6S2. The molecule has 0 unspecified atom stereocenters. The topological polar surface area (TPSA) is 96.2 Å².